The highest BCUT2D eigenvalue weighted by Gasteiger charge is 2.35. The first-order valence-electron chi connectivity index (χ1n) is 6.55. The second-order valence-corrected chi connectivity index (χ2v) is 7.25. The van der Waals surface area contributed by atoms with Crippen molar-refractivity contribution < 1.29 is 13.2 Å². The molecule has 5 heteroatoms. The summed E-state index contributed by atoms with van der Waals surface area (Å²) in [4.78, 5) is 0. The zero-order valence-corrected chi connectivity index (χ0v) is 12.2. The second kappa shape index (κ2) is 6.03. The monoisotopic (exact) mass is 283 g/mol. The van der Waals surface area contributed by atoms with E-state index in [1.165, 1.54) is 0 Å². The lowest BCUT2D eigenvalue weighted by molar-refractivity contribution is 0.0825. The average molecular weight is 283 g/mol. The van der Waals surface area contributed by atoms with Crippen molar-refractivity contribution in [3.63, 3.8) is 0 Å². The number of sulfone groups is 1. The summed E-state index contributed by atoms with van der Waals surface area (Å²) in [5.41, 5.74) is 1.90. The van der Waals surface area contributed by atoms with Gasteiger partial charge in [0.25, 0.3) is 0 Å². The van der Waals surface area contributed by atoms with Crippen LogP contribution in [0.25, 0.3) is 0 Å². The van der Waals surface area contributed by atoms with E-state index in [4.69, 9.17) is 4.74 Å². The van der Waals surface area contributed by atoms with Gasteiger partial charge in [0.1, 0.15) is 5.25 Å². The van der Waals surface area contributed by atoms with E-state index in [1.807, 2.05) is 38.2 Å². The maximum atomic E-state index is 12.6. The molecule has 1 saturated heterocycles. The molecule has 1 aromatic rings. The maximum Gasteiger partial charge on any atom is 0.161 e. The van der Waals surface area contributed by atoms with Crippen LogP contribution in [0.5, 0.6) is 0 Å². The van der Waals surface area contributed by atoms with E-state index in [-0.39, 0.29) is 11.8 Å². The van der Waals surface area contributed by atoms with Gasteiger partial charge in [-0.3, -0.25) is 0 Å². The lowest BCUT2D eigenvalue weighted by Crippen LogP contribution is -2.49. The molecule has 0 amide bonds. The van der Waals surface area contributed by atoms with Gasteiger partial charge in [-0.1, -0.05) is 24.3 Å². The van der Waals surface area contributed by atoms with Gasteiger partial charge in [0.2, 0.25) is 0 Å². The van der Waals surface area contributed by atoms with Gasteiger partial charge in [-0.05, 0) is 31.5 Å². The molecule has 0 aromatic heterocycles. The molecule has 1 fully saturated rings. The van der Waals surface area contributed by atoms with Gasteiger partial charge in [0, 0.05) is 12.6 Å². The summed E-state index contributed by atoms with van der Waals surface area (Å²) in [6.07, 6.45) is 0.744. The third-order valence-electron chi connectivity index (χ3n) is 3.75. The van der Waals surface area contributed by atoms with Gasteiger partial charge in [-0.15, -0.1) is 0 Å². The Hall–Kier alpha value is -0.910. The summed E-state index contributed by atoms with van der Waals surface area (Å²) in [5.74, 6) is 0.0892. The largest absolute Gasteiger partial charge is 0.380 e. The molecule has 1 N–H and O–H groups in total. The molecule has 106 valence electrons. The zero-order chi connectivity index (χ0) is 13.9. The Morgan fingerprint density at radius 2 is 2.11 bits per heavy atom. The van der Waals surface area contributed by atoms with Crippen molar-refractivity contribution in [3.05, 3.63) is 35.4 Å². The first-order chi connectivity index (χ1) is 9.04. The van der Waals surface area contributed by atoms with Crippen LogP contribution >= 0.6 is 0 Å². The molecule has 19 heavy (non-hydrogen) atoms. The summed E-state index contributed by atoms with van der Waals surface area (Å²) in [7, 11) is -1.40. The van der Waals surface area contributed by atoms with Crippen LogP contribution in [0.15, 0.2) is 24.3 Å². The molecule has 0 radical (unpaired) electrons. The number of aryl methyl sites for hydroxylation is 1. The van der Waals surface area contributed by atoms with E-state index in [1.54, 1.807) is 0 Å². The van der Waals surface area contributed by atoms with Crippen molar-refractivity contribution in [1.29, 1.82) is 0 Å². The van der Waals surface area contributed by atoms with E-state index in [2.05, 4.69) is 5.32 Å². The van der Waals surface area contributed by atoms with E-state index in [0.29, 0.717) is 13.2 Å². The highest BCUT2D eigenvalue weighted by Crippen LogP contribution is 2.21. The average Bonchev–Trinajstić information content (AvgIpc) is 2.41. The Kier molecular flexibility index (Phi) is 4.60. The minimum atomic E-state index is -3.21. The molecule has 2 unspecified atom stereocenters. The molecule has 0 saturated carbocycles. The van der Waals surface area contributed by atoms with Crippen LogP contribution in [0, 0.1) is 6.92 Å². The predicted octanol–water partition coefficient (Wildman–Crippen LogP) is 1.29. The van der Waals surface area contributed by atoms with Crippen molar-refractivity contribution >= 4 is 9.84 Å². The summed E-state index contributed by atoms with van der Waals surface area (Å²) in [5, 5.41) is 2.65. The van der Waals surface area contributed by atoms with E-state index in [9.17, 15) is 8.42 Å². The smallest absolute Gasteiger partial charge is 0.161 e. The fourth-order valence-electron chi connectivity index (χ4n) is 2.49. The van der Waals surface area contributed by atoms with Crippen LogP contribution in [-0.4, -0.2) is 40.0 Å². The van der Waals surface area contributed by atoms with E-state index in [0.717, 1.165) is 17.5 Å². The van der Waals surface area contributed by atoms with Crippen molar-refractivity contribution in [2.45, 2.75) is 30.4 Å². The third-order valence-corrected chi connectivity index (χ3v) is 5.85. The van der Waals surface area contributed by atoms with Gasteiger partial charge in [0.05, 0.1) is 12.4 Å². The van der Waals surface area contributed by atoms with Crippen molar-refractivity contribution in [3.8, 4) is 0 Å². The van der Waals surface area contributed by atoms with Crippen LogP contribution in [-0.2, 0) is 20.3 Å². The Bertz CT molecular complexity index is 527. The van der Waals surface area contributed by atoms with Crippen molar-refractivity contribution in [1.82, 2.24) is 5.32 Å². The molecule has 1 aliphatic heterocycles. The number of rotatable bonds is 4. The molecule has 2 atom stereocenters. The highest BCUT2D eigenvalue weighted by molar-refractivity contribution is 7.91. The molecule has 0 spiro atoms. The maximum absolute atomic E-state index is 12.6. The Morgan fingerprint density at radius 1 is 1.37 bits per heavy atom. The minimum Gasteiger partial charge on any atom is -0.380 e. The molecule has 1 heterocycles. The molecule has 0 aliphatic carbocycles. The number of nitrogens with one attached hydrogen (secondary N) is 1. The second-order valence-electron chi connectivity index (χ2n) is 5.03. The topological polar surface area (TPSA) is 55.4 Å². The van der Waals surface area contributed by atoms with E-state index < -0.39 is 15.1 Å². The van der Waals surface area contributed by atoms with Crippen LogP contribution in [0.1, 0.15) is 17.5 Å². The number of hydrogen-bond acceptors (Lipinski definition) is 4. The van der Waals surface area contributed by atoms with Crippen LogP contribution in [0.4, 0.5) is 0 Å². The molecule has 1 aromatic carbocycles. The van der Waals surface area contributed by atoms with Gasteiger partial charge >= 0.3 is 0 Å². The minimum absolute atomic E-state index is 0.0113. The standard InChI is InChI=1S/C14H21NO3S/c1-11-5-3-4-6-12(11)10-19(16,17)14-9-18-8-7-13(14)15-2/h3-6,13-15H,7-10H2,1-2H3. The molecule has 0 bridgehead atoms. The molecule has 4 nitrogen and oxygen atoms in total. The zero-order valence-electron chi connectivity index (χ0n) is 11.4. The SMILES string of the molecule is CNC1CCOCC1S(=O)(=O)Cc1ccccc1C. The Morgan fingerprint density at radius 3 is 2.79 bits per heavy atom. The van der Waals surface area contributed by atoms with Crippen molar-refractivity contribution in [2.24, 2.45) is 0 Å². The van der Waals surface area contributed by atoms with Gasteiger partial charge < -0.3 is 10.1 Å². The highest BCUT2D eigenvalue weighted by atomic mass is 32.2. The van der Waals surface area contributed by atoms with E-state index >= 15 is 0 Å². The summed E-state index contributed by atoms with van der Waals surface area (Å²) < 4.78 is 30.5. The summed E-state index contributed by atoms with van der Waals surface area (Å²) >= 11 is 0. The number of ether oxygens (including phenoxy) is 1. The van der Waals surface area contributed by atoms with Crippen LogP contribution in [0.3, 0.4) is 0 Å². The van der Waals surface area contributed by atoms with Gasteiger partial charge in [-0.25, -0.2) is 8.42 Å². The number of hydrogen-bond donors (Lipinski definition) is 1. The van der Waals surface area contributed by atoms with Gasteiger partial charge in [-0.2, -0.15) is 0 Å². The Balaban J connectivity index is 2.20. The summed E-state index contributed by atoms with van der Waals surface area (Å²) in [6.45, 7) is 2.86. The Labute approximate surface area is 115 Å². The first-order valence-corrected chi connectivity index (χ1v) is 8.27. The van der Waals surface area contributed by atoms with Crippen LogP contribution in [0.2, 0.25) is 0 Å². The fourth-order valence-corrected chi connectivity index (χ4v) is 4.54. The molecule has 2 rings (SSSR count). The lowest BCUT2D eigenvalue weighted by atomic mass is 10.1. The third kappa shape index (κ3) is 3.35. The molecule has 1 aliphatic rings. The van der Waals surface area contributed by atoms with Crippen molar-refractivity contribution in [2.75, 3.05) is 20.3 Å². The van der Waals surface area contributed by atoms with Crippen LogP contribution < -0.4 is 5.32 Å². The number of benzene rings is 1. The molecular weight excluding hydrogens is 262 g/mol. The summed E-state index contributed by atoms with van der Waals surface area (Å²) in [6, 6.07) is 7.61. The van der Waals surface area contributed by atoms with Gasteiger partial charge in [0.15, 0.2) is 9.84 Å². The molecular formula is C14H21NO3S. The predicted molar refractivity (Wildman–Crippen MR) is 75.9 cm³/mol. The fraction of sp³-hybridized carbons (Fsp3) is 0.571. The normalized spacial score (nSPS) is 24.3. The lowest BCUT2D eigenvalue weighted by Gasteiger charge is -2.31. The first kappa shape index (κ1) is 14.5. The quantitative estimate of drug-likeness (QED) is 0.904.